The summed E-state index contributed by atoms with van der Waals surface area (Å²) >= 11 is 0. The molecular weight excluding hydrogens is 354 g/mol. The maximum absolute atomic E-state index is 13.0. The number of hydrogen-bond acceptors (Lipinski definition) is 6. The second kappa shape index (κ2) is 7.22. The molecule has 9 heteroatoms. The van der Waals surface area contributed by atoms with Crippen molar-refractivity contribution in [3.63, 3.8) is 0 Å². The Morgan fingerprint density at radius 2 is 2.12 bits per heavy atom. The molecule has 3 aliphatic heterocycles. The number of hydrazine groups is 1. The van der Waals surface area contributed by atoms with Crippen LogP contribution < -0.4 is 10.9 Å². The van der Waals surface area contributed by atoms with Gasteiger partial charge in [-0.05, 0) is 36.8 Å². The molecule has 0 spiro atoms. The Morgan fingerprint density at radius 1 is 1.27 bits per heavy atom. The number of pyridine rings is 1. The van der Waals surface area contributed by atoms with Crippen molar-refractivity contribution in [1.82, 2.24) is 25.0 Å². The van der Waals surface area contributed by atoms with Gasteiger partial charge in [-0.15, -0.1) is 0 Å². The standard InChI is InChI=1S/C17H25N5O3S/c23-17(15-3-7-19-20-15)21-8-4-14-12-22(11-13-2-1-6-18-10-13)26(24,25)16(14)5-9-21/h1-2,6,10,14-16,19-20H,3-5,7-9,11-12H2/t14-,15?,16-/m1/s1. The van der Waals surface area contributed by atoms with Crippen LogP contribution in [-0.2, 0) is 21.4 Å². The molecule has 1 aromatic rings. The Hall–Kier alpha value is -1.55. The maximum Gasteiger partial charge on any atom is 0.241 e. The number of carbonyl (C=O) groups is 1. The van der Waals surface area contributed by atoms with E-state index in [2.05, 4.69) is 15.8 Å². The number of sulfonamides is 1. The molecule has 142 valence electrons. The van der Waals surface area contributed by atoms with E-state index < -0.39 is 10.0 Å². The van der Waals surface area contributed by atoms with Gasteiger partial charge < -0.3 is 4.90 Å². The molecule has 3 saturated heterocycles. The van der Waals surface area contributed by atoms with Crippen LogP contribution in [0.5, 0.6) is 0 Å². The molecule has 3 atom stereocenters. The zero-order valence-electron chi connectivity index (χ0n) is 14.7. The van der Waals surface area contributed by atoms with E-state index in [1.807, 2.05) is 17.0 Å². The number of hydrogen-bond donors (Lipinski definition) is 2. The van der Waals surface area contributed by atoms with Crippen LogP contribution >= 0.6 is 0 Å². The Bertz CT molecular complexity index is 751. The maximum atomic E-state index is 13.0. The van der Waals surface area contributed by atoms with E-state index >= 15 is 0 Å². The van der Waals surface area contributed by atoms with Crippen LogP contribution in [0.15, 0.2) is 24.5 Å². The number of likely N-dealkylation sites (tertiary alicyclic amines) is 1. The monoisotopic (exact) mass is 379 g/mol. The van der Waals surface area contributed by atoms with Crippen LogP contribution in [0, 0.1) is 5.92 Å². The zero-order chi connectivity index (χ0) is 18.1. The second-order valence-electron chi connectivity index (χ2n) is 7.31. The van der Waals surface area contributed by atoms with Crippen molar-refractivity contribution >= 4 is 15.9 Å². The van der Waals surface area contributed by atoms with Gasteiger partial charge in [0, 0.05) is 45.1 Å². The smallest absolute Gasteiger partial charge is 0.241 e. The lowest BCUT2D eigenvalue weighted by molar-refractivity contribution is -0.133. The van der Waals surface area contributed by atoms with Crippen molar-refractivity contribution in [1.29, 1.82) is 0 Å². The number of aromatic nitrogens is 1. The van der Waals surface area contributed by atoms with Gasteiger partial charge in [-0.3, -0.25) is 15.2 Å². The summed E-state index contributed by atoms with van der Waals surface area (Å²) in [7, 11) is -3.34. The van der Waals surface area contributed by atoms with Gasteiger partial charge in [0.05, 0.1) is 5.25 Å². The molecule has 4 rings (SSSR count). The molecule has 0 aromatic carbocycles. The van der Waals surface area contributed by atoms with Crippen molar-refractivity contribution in [2.45, 2.75) is 37.1 Å². The first-order chi connectivity index (χ1) is 12.6. The van der Waals surface area contributed by atoms with Crippen molar-refractivity contribution in [3.05, 3.63) is 30.1 Å². The fraction of sp³-hybridized carbons (Fsp3) is 0.647. The molecule has 2 N–H and O–H groups in total. The average Bonchev–Trinajstić information content (AvgIpc) is 3.18. The molecule has 0 saturated carbocycles. The summed E-state index contributed by atoms with van der Waals surface area (Å²) in [6.07, 6.45) is 5.43. The van der Waals surface area contributed by atoms with Gasteiger partial charge in [0.15, 0.2) is 0 Å². The molecule has 0 aliphatic carbocycles. The molecule has 26 heavy (non-hydrogen) atoms. The highest BCUT2D eigenvalue weighted by Gasteiger charge is 2.47. The van der Waals surface area contributed by atoms with E-state index in [0.717, 1.165) is 24.9 Å². The van der Waals surface area contributed by atoms with Crippen LogP contribution in [0.4, 0.5) is 0 Å². The van der Waals surface area contributed by atoms with E-state index in [0.29, 0.717) is 32.6 Å². The summed E-state index contributed by atoms with van der Waals surface area (Å²) in [6.45, 7) is 2.84. The third kappa shape index (κ3) is 3.36. The Kier molecular flexibility index (Phi) is 4.96. The highest BCUT2D eigenvalue weighted by atomic mass is 32.2. The molecule has 4 heterocycles. The number of rotatable bonds is 3. The number of nitrogens with one attached hydrogen (secondary N) is 2. The van der Waals surface area contributed by atoms with Crippen LogP contribution in [0.2, 0.25) is 0 Å². The summed E-state index contributed by atoms with van der Waals surface area (Å²) in [4.78, 5) is 18.5. The summed E-state index contributed by atoms with van der Waals surface area (Å²) in [6, 6.07) is 3.54. The lowest BCUT2D eigenvalue weighted by Crippen LogP contribution is -2.46. The zero-order valence-corrected chi connectivity index (χ0v) is 15.5. The average molecular weight is 379 g/mol. The molecule has 0 radical (unpaired) electrons. The van der Waals surface area contributed by atoms with Crippen molar-refractivity contribution in [3.8, 4) is 0 Å². The van der Waals surface area contributed by atoms with Crippen LogP contribution in [0.3, 0.4) is 0 Å². The first-order valence-electron chi connectivity index (χ1n) is 9.21. The van der Waals surface area contributed by atoms with E-state index in [1.165, 1.54) is 0 Å². The Balaban J connectivity index is 1.43. The molecule has 3 fully saturated rings. The molecule has 1 aromatic heterocycles. The van der Waals surface area contributed by atoms with Gasteiger partial charge in [0.1, 0.15) is 6.04 Å². The highest BCUT2D eigenvalue weighted by Crippen LogP contribution is 2.35. The van der Waals surface area contributed by atoms with E-state index in [-0.39, 0.29) is 23.1 Å². The molecule has 0 bridgehead atoms. The fourth-order valence-electron chi connectivity index (χ4n) is 4.26. The Labute approximate surface area is 154 Å². The minimum Gasteiger partial charge on any atom is -0.341 e. The third-order valence-corrected chi connectivity index (χ3v) is 8.07. The van der Waals surface area contributed by atoms with E-state index in [1.54, 1.807) is 16.7 Å². The van der Waals surface area contributed by atoms with Crippen LogP contribution in [0.1, 0.15) is 24.8 Å². The second-order valence-corrected chi connectivity index (χ2v) is 9.46. The SMILES string of the molecule is O=C(C1CCNN1)N1CC[C@@H]2CN(Cc3cccnc3)S(=O)(=O)[C@@H]2CC1. The first kappa shape index (κ1) is 17.8. The fourth-order valence-corrected chi connectivity index (χ4v) is 6.48. The number of amides is 1. The van der Waals surface area contributed by atoms with Gasteiger partial charge in [-0.25, -0.2) is 13.8 Å². The molecule has 8 nitrogen and oxygen atoms in total. The van der Waals surface area contributed by atoms with Gasteiger partial charge in [0.25, 0.3) is 0 Å². The highest BCUT2D eigenvalue weighted by molar-refractivity contribution is 7.90. The van der Waals surface area contributed by atoms with Crippen molar-refractivity contribution in [2.75, 3.05) is 26.2 Å². The number of nitrogens with zero attached hydrogens (tertiary/aromatic N) is 3. The van der Waals surface area contributed by atoms with Crippen molar-refractivity contribution < 1.29 is 13.2 Å². The predicted molar refractivity (Wildman–Crippen MR) is 96.2 cm³/mol. The summed E-state index contributed by atoms with van der Waals surface area (Å²) in [5, 5.41) is -0.383. The van der Waals surface area contributed by atoms with Crippen LogP contribution in [0.25, 0.3) is 0 Å². The third-order valence-electron chi connectivity index (χ3n) is 5.69. The van der Waals surface area contributed by atoms with Gasteiger partial charge in [-0.2, -0.15) is 4.31 Å². The van der Waals surface area contributed by atoms with Gasteiger partial charge in [0.2, 0.25) is 15.9 Å². The lowest BCUT2D eigenvalue weighted by Gasteiger charge is -2.24. The largest absolute Gasteiger partial charge is 0.341 e. The molecule has 1 amide bonds. The quantitative estimate of drug-likeness (QED) is 0.749. The van der Waals surface area contributed by atoms with Crippen LogP contribution in [-0.4, -0.2) is 66.0 Å². The van der Waals surface area contributed by atoms with Gasteiger partial charge >= 0.3 is 0 Å². The van der Waals surface area contributed by atoms with Crippen molar-refractivity contribution in [2.24, 2.45) is 5.92 Å². The number of carbonyl (C=O) groups excluding carboxylic acids is 1. The lowest BCUT2D eigenvalue weighted by atomic mass is 10.0. The topological polar surface area (TPSA) is 94.6 Å². The van der Waals surface area contributed by atoms with Gasteiger partial charge in [-0.1, -0.05) is 6.07 Å². The summed E-state index contributed by atoms with van der Waals surface area (Å²) in [5.74, 6) is 0.170. The minimum atomic E-state index is -3.34. The minimum absolute atomic E-state index is 0.0830. The summed E-state index contributed by atoms with van der Waals surface area (Å²) < 4.78 is 27.6. The van der Waals surface area contributed by atoms with E-state index in [9.17, 15) is 13.2 Å². The number of fused-ring (bicyclic) bond motifs is 1. The molecule has 1 unspecified atom stereocenters. The molecule has 3 aliphatic rings. The summed E-state index contributed by atoms with van der Waals surface area (Å²) in [5.41, 5.74) is 6.89. The van der Waals surface area contributed by atoms with E-state index in [4.69, 9.17) is 0 Å². The normalized spacial score (nSPS) is 31.5. The predicted octanol–water partition coefficient (Wildman–Crippen LogP) is -0.299. The molecular formula is C17H25N5O3S. The Morgan fingerprint density at radius 3 is 2.85 bits per heavy atom. The first-order valence-corrected chi connectivity index (χ1v) is 10.7.